The lowest BCUT2D eigenvalue weighted by Crippen LogP contribution is -2.31. The highest BCUT2D eigenvalue weighted by molar-refractivity contribution is 7.07. The Morgan fingerprint density at radius 3 is 3.04 bits per heavy atom. The van der Waals surface area contributed by atoms with Crippen molar-refractivity contribution in [2.24, 2.45) is 0 Å². The number of rotatable bonds is 4. The van der Waals surface area contributed by atoms with Crippen LogP contribution in [0, 0.1) is 0 Å². The Bertz CT molecular complexity index is 704. The standard InChI is InChI=1S/C15H17N5O2S/c1-10(21)17-6-11-5-16-7-12(19-11)14-3-2-4-20(14)15(22)13-8-23-9-18-13/h5,7-9,14H,2-4,6H2,1H3,(H,17,21). The van der Waals surface area contributed by atoms with E-state index in [0.717, 1.165) is 18.5 Å². The molecule has 0 spiro atoms. The first-order chi connectivity index (χ1) is 11.1. The number of hydrogen-bond acceptors (Lipinski definition) is 6. The van der Waals surface area contributed by atoms with Gasteiger partial charge >= 0.3 is 0 Å². The Morgan fingerprint density at radius 2 is 2.30 bits per heavy atom. The van der Waals surface area contributed by atoms with Gasteiger partial charge in [-0.05, 0) is 12.8 Å². The number of nitrogens with zero attached hydrogens (tertiary/aromatic N) is 4. The van der Waals surface area contributed by atoms with E-state index in [4.69, 9.17) is 0 Å². The minimum absolute atomic E-state index is 0.0668. The van der Waals surface area contributed by atoms with Crippen LogP contribution in [0.3, 0.4) is 0 Å². The summed E-state index contributed by atoms with van der Waals surface area (Å²) in [4.78, 5) is 38.2. The van der Waals surface area contributed by atoms with Crippen LogP contribution < -0.4 is 5.32 Å². The van der Waals surface area contributed by atoms with Gasteiger partial charge in [-0.15, -0.1) is 11.3 Å². The van der Waals surface area contributed by atoms with E-state index in [1.54, 1.807) is 28.2 Å². The van der Waals surface area contributed by atoms with Crippen molar-refractivity contribution in [3.05, 3.63) is 40.4 Å². The zero-order valence-electron chi connectivity index (χ0n) is 12.7. The fourth-order valence-corrected chi connectivity index (χ4v) is 3.19. The molecule has 23 heavy (non-hydrogen) atoms. The molecule has 3 rings (SSSR count). The molecule has 1 saturated heterocycles. The maximum Gasteiger partial charge on any atom is 0.273 e. The third kappa shape index (κ3) is 3.53. The summed E-state index contributed by atoms with van der Waals surface area (Å²) in [5, 5.41) is 4.47. The Morgan fingerprint density at radius 1 is 1.43 bits per heavy atom. The van der Waals surface area contributed by atoms with E-state index in [0.29, 0.717) is 24.5 Å². The second kappa shape index (κ2) is 6.82. The van der Waals surface area contributed by atoms with Crippen molar-refractivity contribution in [1.82, 2.24) is 25.2 Å². The van der Waals surface area contributed by atoms with E-state index in [1.165, 1.54) is 18.3 Å². The van der Waals surface area contributed by atoms with E-state index >= 15 is 0 Å². The Balaban J connectivity index is 1.78. The fourth-order valence-electron chi connectivity index (χ4n) is 2.67. The van der Waals surface area contributed by atoms with Gasteiger partial charge in [0.1, 0.15) is 5.69 Å². The lowest BCUT2D eigenvalue weighted by molar-refractivity contribution is -0.119. The molecule has 2 aromatic rings. The third-order valence-corrected chi connectivity index (χ3v) is 4.31. The number of amides is 2. The molecule has 1 fully saturated rings. The molecule has 1 aliphatic heterocycles. The summed E-state index contributed by atoms with van der Waals surface area (Å²) in [6.07, 6.45) is 5.10. The normalized spacial score (nSPS) is 17.3. The van der Waals surface area contributed by atoms with E-state index in [1.807, 2.05) is 0 Å². The Labute approximate surface area is 137 Å². The van der Waals surface area contributed by atoms with Crippen LogP contribution in [0.1, 0.15) is 47.7 Å². The summed E-state index contributed by atoms with van der Waals surface area (Å²) in [6.45, 7) is 2.49. The molecule has 2 aromatic heterocycles. The van der Waals surface area contributed by atoms with Crippen LogP contribution >= 0.6 is 11.3 Å². The predicted molar refractivity (Wildman–Crippen MR) is 84.7 cm³/mol. The van der Waals surface area contributed by atoms with E-state index in [-0.39, 0.29) is 17.9 Å². The third-order valence-electron chi connectivity index (χ3n) is 3.73. The number of carbonyl (C=O) groups is 2. The van der Waals surface area contributed by atoms with Gasteiger partial charge in [-0.3, -0.25) is 19.6 Å². The second-order valence-electron chi connectivity index (χ2n) is 5.38. The van der Waals surface area contributed by atoms with Crippen LogP contribution in [0.15, 0.2) is 23.3 Å². The molecule has 120 valence electrons. The summed E-state index contributed by atoms with van der Waals surface area (Å²) in [6, 6.07) is -0.0889. The van der Waals surface area contributed by atoms with Crippen molar-refractivity contribution in [1.29, 1.82) is 0 Å². The Hall–Kier alpha value is -2.35. The molecule has 2 amide bonds. The number of thiazole rings is 1. The number of carbonyl (C=O) groups excluding carboxylic acids is 2. The van der Waals surface area contributed by atoms with Gasteiger partial charge in [0.05, 0.1) is 41.9 Å². The molecule has 0 saturated carbocycles. The molecular formula is C15H17N5O2S. The van der Waals surface area contributed by atoms with Crippen LogP contribution in [0.5, 0.6) is 0 Å². The molecule has 3 heterocycles. The molecule has 1 atom stereocenters. The number of nitrogens with one attached hydrogen (secondary N) is 1. The van der Waals surface area contributed by atoms with Crippen LogP contribution in [-0.4, -0.2) is 38.2 Å². The first-order valence-electron chi connectivity index (χ1n) is 7.39. The van der Waals surface area contributed by atoms with Gasteiger partial charge in [-0.25, -0.2) is 4.98 Å². The summed E-state index contributed by atoms with van der Waals surface area (Å²) in [5.41, 5.74) is 3.58. The smallest absolute Gasteiger partial charge is 0.273 e. The summed E-state index contributed by atoms with van der Waals surface area (Å²) >= 11 is 1.41. The largest absolute Gasteiger partial charge is 0.351 e. The average Bonchev–Trinajstić information content (AvgIpc) is 3.23. The molecule has 0 bridgehead atoms. The minimum atomic E-state index is -0.113. The lowest BCUT2D eigenvalue weighted by Gasteiger charge is -2.23. The van der Waals surface area contributed by atoms with Gasteiger partial charge in [-0.1, -0.05) is 0 Å². The second-order valence-corrected chi connectivity index (χ2v) is 6.09. The highest BCUT2D eigenvalue weighted by Gasteiger charge is 2.32. The van der Waals surface area contributed by atoms with Crippen molar-refractivity contribution in [2.75, 3.05) is 6.54 Å². The van der Waals surface area contributed by atoms with E-state index in [9.17, 15) is 9.59 Å². The number of likely N-dealkylation sites (tertiary alicyclic amines) is 1. The van der Waals surface area contributed by atoms with E-state index in [2.05, 4.69) is 20.3 Å². The van der Waals surface area contributed by atoms with E-state index < -0.39 is 0 Å². The molecular weight excluding hydrogens is 314 g/mol. The average molecular weight is 331 g/mol. The maximum atomic E-state index is 12.6. The molecule has 8 heteroatoms. The molecule has 0 aromatic carbocycles. The minimum Gasteiger partial charge on any atom is -0.351 e. The molecule has 1 aliphatic rings. The van der Waals surface area contributed by atoms with Crippen LogP contribution in [-0.2, 0) is 11.3 Å². The topological polar surface area (TPSA) is 88.1 Å². The lowest BCUT2D eigenvalue weighted by atomic mass is 10.1. The van der Waals surface area contributed by atoms with Crippen molar-refractivity contribution >= 4 is 23.2 Å². The van der Waals surface area contributed by atoms with Crippen molar-refractivity contribution in [3.63, 3.8) is 0 Å². The van der Waals surface area contributed by atoms with Crippen molar-refractivity contribution in [3.8, 4) is 0 Å². The monoisotopic (exact) mass is 331 g/mol. The number of hydrogen-bond donors (Lipinski definition) is 1. The highest BCUT2D eigenvalue weighted by Crippen LogP contribution is 2.31. The maximum absolute atomic E-state index is 12.6. The zero-order chi connectivity index (χ0) is 16.2. The molecule has 1 N–H and O–H groups in total. The fraction of sp³-hybridized carbons (Fsp3) is 0.400. The van der Waals surface area contributed by atoms with Crippen molar-refractivity contribution in [2.45, 2.75) is 32.4 Å². The van der Waals surface area contributed by atoms with Gasteiger partial charge < -0.3 is 10.2 Å². The predicted octanol–water partition coefficient (Wildman–Crippen LogP) is 1.55. The highest BCUT2D eigenvalue weighted by atomic mass is 32.1. The molecule has 0 radical (unpaired) electrons. The van der Waals surface area contributed by atoms with Gasteiger partial charge in [0, 0.05) is 18.8 Å². The summed E-state index contributed by atoms with van der Waals surface area (Å²) in [7, 11) is 0. The zero-order valence-corrected chi connectivity index (χ0v) is 13.5. The van der Waals surface area contributed by atoms with Gasteiger partial charge in [0.15, 0.2) is 0 Å². The number of aromatic nitrogens is 3. The summed E-state index contributed by atoms with van der Waals surface area (Å²) in [5.74, 6) is -0.179. The molecule has 1 unspecified atom stereocenters. The van der Waals surface area contributed by atoms with Gasteiger partial charge in [-0.2, -0.15) is 0 Å². The van der Waals surface area contributed by atoms with Gasteiger partial charge in [0.2, 0.25) is 5.91 Å². The first kappa shape index (κ1) is 15.5. The van der Waals surface area contributed by atoms with Crippen LogP contribution in [0.2, 0.25) is 0 Å². The SMILES string of the molecule is CC(=O)NCc1cncc(C2CCCN2C(=O)c2cscn2)n1. The quantitative estimate of drug-likeness (QED) is 0.918. The summed E-state index contributed by atoms with van der Waals surface area (Å²) < 4.78 is 0. The first-order valence-corrected chi connectivity index (χ1v) is 8.34. The van der Waals surface area contributed by atoms with Crippen LogP contribution in [0.25, 0.3) is 0 Å². The molecule has 7 nitrogen and oxygen atoms in total. The van der Waals surface area contributed by atoms with Crippen LogP contribution in [0.4, 0.5) is 0 Å². The molecule has 0 aliphatic carbocycles. The Kier molecular flexibility index (Phi) is 4.61. The van der Waals surface area contributed by atoms with Crippen molar-refractivity contribution < 1.29 is 9.59 Å². The van der Waals surface area contributed by atoms with Gasteiger partial charge in [0.25, 0.3) is 5.91 Å².